The maximum Gasteiger partial charge on any atom is 0.271 e. The molecule has 1 atom stereocenters. The molecule has 35 heavy (non-hydrogen) atoms. The monoisotopic (exact) mass is 484 g/mol. The van der Waals surface area contributed by atoms with Crippen molar-refractivity contribution < 1.29 is 14.0 Å². The van der Waals surface area contributed by atoms with Gasteiger partial charge in [0.15, 0.2) is 5.58 Å². The Morgan fingerprint density at radius 1 is 1.14 bits per heavy atom. The summed E-state index contributed by atoms with van der Waals surface area (Å²) in [4.78, 5) is 32.1. The SMILES string of the molecule is CC(C)CN(CCN1C(=O)c2cc3occc3n2C[C@]1(C)C(=O)NC1CCCCCC1)CC(C)C. The van der Waals surface area contributed by atoms with E-state index in [9.17, 15) is 9.59 Å². The van der Waals surface area contributed by atoms with E-state index in [1.54, 1.807) is 6.26 Å². The molecule has 0 bridgehead atoms. The average molecular weight is 485 g/mol. The van der Waals surface area contributed by atoms with Crippen molar-refractivity contribution in [3.05, 3.63) is 24.1 Å². The minimum Gasteiger partial charge on any atom is -0.463 e. The molecule has 7 nitrogen and oxygen atoms in total. The van der Waals surface area contributed by atoms with Crippen molar-refractivity contribution in [1.29, 1.82) is 0 Å². The number of nitrogens with one attached hydrogen (secondary N) is 1. The summed E-state index contributed by atoms with van der Waals surface area (Å²) < 4.78 is 7.58. The highest BCUT2D eigenvalue weighted by atomic mass is 16.3. The number of carbonyl (C=O) groups is 2. The molecule has 7 heteroatoms. The molecule has 0 radical (unpaired) electrons. The van der Waals surface area contributed by atoms with Gasteiger partial charge in [-0.05, 0) is 31.6 Å². The first kappa shape index (κ1) is 25.8. The molecule has 194 valence electrons. The van der Waals surface area contributed by atoms with Crippen LogP contribution in [0.2, 0.25) is 0 Å². The second kappa shape index (κ2) is 10.8. The van der Waals surface area contributed by atoms with Gasteiger partial charge in [0.1, 0.15) is 11.2 Å². The lowest BCUT2D eigenvalue weighted by atomic mass is 9.93. The van der Waals surface area contributed by atoms with E-state index in [0.717, 1.165) is 50.8 Å². The summed E-state index contributed by atoms with van der Waals surface area (Å²) >= 11 is 0. The molecule has 1 fully saturated rings. The Labute approximate surface area is 210 Å². The summed E-state index contributed by atoms with van der Waals surface area (Å²) in [6.07, 6.45) is 8.47. The molecule has 2 aromatic heterocycles. The van der Waals surface area contributed by atoms with Crippen molar-refractivity contribution in [2.24, 2.45) is 11.8 Å². The third kappa shape index (κ3) is 5.60. The van der Waals surface area contributed by atoms with E-state index < -0.39 is 5.54 Å². The fourth-order valence-corrected chi connectivity index (χ4v) is 5.92. The highest BCUT2D eigenvalue weighted by molar-refractivity contribution is 6.02. The van der Waals surface area contributed by atoms with E-state index in [0.29, 0.717) is 36.2 Å². The second-order valence-corrected chi connectivity index (χ2v) is 11.7. The lowest BCUT2D eigenvalue weighted by Gasteiger charge is -2.45. The quantitative estimate of drug-likeness (QED) is 0.514. The molecule has 1 aliphatic heterocycles. The number of hydrogen-bond acceptors (Lipinski definition) is 4. The molecule has 0 aromatic carbocycles. The molecule has 0 spiro atoms. The van der Waals surface area contributed by atoms with Crippen LogP contribution in [-0.4, -0.2) is 63.9 Å². The minimum absolute atomic E-state index is 0.0342. The van der Waals surface area contributed by atoms with E-state index >= 15 is 0 Å². The van der Waals surface area contributed by atoms with Crippen LogP contribution in [0.1, 0.15) is 83.6 Å². The molecule has 2 amide bonds. The zero-order valence-electron chi connectivity index (χ0n) is 22.3. The van der Waals surface area contributed by atoms with Crippen molar-refractivity contribution in [2.75, 3.05) is 26.2 Å². The van der Waals surface area contributed by atoms with Crippen molar-refractivity contribution in [3.8, 4) is 0 Å². The van der Waals surface area contributed by atoms with Gasteiger partial charge in [-0.2, -0.15) is 0 Å². The Hall–Kier alpha value is -2.28. The molecule has 2 aromatic rings. The van der Waals surface area contributed by atoms with Gasteiger partial charge in [-0.25, -0.2) is 0 Å². The molecular formula is C28H44N4O3. The number of nitrogens with zero attached hydrogens (tertiary/aromatic N) is 3. The third-order valence-corrected chi connectivity index (χ3v) is 7.61. The molecule has 1 saturated carbocycles. The van der Waals surface area contributed by atoms with Gasteiger partial charge in [-0.1, -0.05) is 53.4 Å². The van der Waals surface area contributed by atoms with E-state index in [4.69, 9.17) is 4.42 Å². The zero-order chi connectivity index (χ0) is 25.2. The molecular weight excluding hydrogens is 440 g/mol. The number of furan rings is 1. The van der Waals surface area contributed by atoms with Crippen molar-refractivity contribution in [1.82, 2.24) is 19.7 Å². The van der Waals surface area contributed by atoms with Gasteiger partial charge in [0.05, 0.1) is 18.3 Å². The van der Waals surface area contributed by atoms with E-state index in [1.165, 1.54) is 12.8 Å². The average Bonchev–Trinajstić information content (AvgIpc) is 3.27. The van der Waals surface area contributed by atoms with Gasteiger partial charge in [-0.15, -0.1) is 0 Å². The van der Waals surface area contributed by atoms with E-state index in [-0.39, 0.29) is 17.9 Å². The molecule has 2 aliphatic rings. The summed E-state index contributed by atoms with van der Waals surface area (Å²) in [6.45, 7) is 14.5. The number of fused-ring (bicyclic) bond motifs is 3. The first-order valence-corrected chi connectivity index (χ1v) is 13.6. The fraction of sp³-hybridized carbons (Fsp3) is 0.714. The predicted molar refractivity (Wildman–Crippen MR) is 139 cm³/mol. The Morgan fingerprint density at radius 2 is 1.80 bits per heavy atom. The molecule has 1 N–H and O–H groups in total. The lowest BCUT2D eigenvalue weighted by molar-refractivity contribution is -0.133. The van der Waals surface area contributed by atoms with Crippen LogP contribution in [-0.2, 0) is 11.3 Å². The number of amides is 2. The highest BCUT2D eigenvalue weighted by Gasteiger charge is 2.48. The van der Waals surface area contributed by atoms with Crippen LogP contribution in [0.5, 0.6) is 0 Å². The van der Waals surface area contributed by atoms with E-state index in [2.05, 4.69) is 37.9 Å². The molecule has 0 saturated heterocycles. The highest BCUT2D eigenvalue weighted by Crippen LogP contribution is 2.33. The fourth-order valence-electron chi connectivity index (χ4n) is 5.92. The lowest BCUT2D eigenvalue weighted by Crippen LogP contribution is -2.65. The predicted octanol–water partition coefficient (Wildman–Crippen LogP) is 4.90. The Kier molecular flexibility index (Phi) is 7.94. The van der Waals surface area contributed by atoms with Crippen LogP contribution in [0.3, 0.4) is 0 Å². The molecule has 3 heterocycles. The van der Waals surface area contributed by atoms with Gasteiger partial charge >= 0.3 is 0 Å². The largest absolute Gasteiger partial charge is 0.463 e. The topological polar surface area (TPSA) is 70.7 Å². The number of rotatable bonds is 9. The molecule has 1 aliphatic carbocycles. The first-order chi connectivity index (χ1) is 16.7. The Balaban J connectivity index is 1.61. The maximum absolute atomic E-state index is 13.9. The van der Waals surface area contributed by atoms with Gasteiger partial charge in [-0.3, -0.25) is 9.59 Å². The Morgan fingerprint density at radius 3 is 2.43 bits per heavy atom. The van der Waals surface area contributed by atoms with Crippen molar-refractivity contribution >= 4 is 22.9 Å². The normalized spacial score (nSPS) is 21.8. The van der Waals surface area contributed by atoms with Crippen LogP contribution in [0.4, 0.5) is 0 Å². The van der Waals surface area contributed by atoms with Gasteiger partial charge in [0.25, 0.3) is 5.91 Å². The Bertz CT molecular complexity index is 1000. The van der Waals surface area contributed by atoms with Crippen LogP contribution in [0.25, 0.3) is 11.1 Å². The third-order valence-electron chi connectivity index (χ3n) is 7.61. The molecule has 4 rings (SSSR count). The van der Waals surface area contributed by atoms with Gasteiger partial charge < -0.3 is 24.1 Å². The van der Waals surface area contributed by atoms with Crippen LogP contribution < -0.4 is 5.32 Å². The number of hydrogen-bond donors (Lipinski definition) is 1. The van der Waals surface area contributed by atoms with Crippen molar-refractivity contribution in [3.63, 3.8) is 0 Å². The summed E-state index contributed by atoms with van der Waals surface area (Å²) in [7, 11) is 0. The maximum atomic E-state index is 13.9. The summed E-state index contributed by atoms with van der Waals surface area (Å²) in [5, 5.41) is 3.35. The summed E-state index contributed by atoms with van der Waals surface area (Å²) in [5.41, 5.74) is 1.23. The summed E-state index contributed by atoms with van der Waals surface area (Å²) in [5.74, 6) is 0.961. The van der Waals surface area contributed by atoms with Crippen LogP contribution in [0.15, 0.2) is 22.8 Å². The minimum atomic E-state index is -0.957. The standard InChI is InChI=1S/C28H44N4O3/c1-20(2)17-30(18-21(3)4)13-14-32-26(33)24-16-25-23(12-15-35-25)31(24)19-28(32,5)27(34)29-22-10-8-6-7-9-11-22/h12,15-16,20-22H,6-11,13-14,17-19H2,1-5H3,(H,29,34)/t28-/m1/s1. The van der Waals surface area contributed by atoms with Crippen LogP contribution in [0, 0.1) is 11.8 Å². The first-order valence-electron chi connectivity index (χ1n) is 13.6. The van der Waals surface area contributed by atoms with Crippen molar-refractivity contribution in [2.45, 2.75) is 91.3 Å². The van der Waals surface area contributed by atoms with Crippen LogP contribution >= 0.6 is 0 Å². The van der Waals surface area contributed by atoms with Gasteiger partial charge in [0.2, 0.25) is 5.91 Å². The number of aromatic nitrogens is 1. The van der Waals surface area contributed by atoms with Gasteiger partial charge in [0, 0.05) is 44.4 Å². The molecule has 0 unspecified atom stereocenters. The number of carbonyl (C=O) groups excluding carboxylic acids is 2. The zero-order valence-corrected chi connectivity index (χ0v) is 22.3. The second-order valence-electron chi connectivity index (χ2n) is 11.7. The summed E-state index contributed by atoms with van der Waals surface area (Å²) in [6, 6.07) is 3.91. The smallest absolute Gasteiger partial charge is 0.271 e. The van der Waals surface area contributed by atoms with E-state index in [1.807, 2.05) is 28.5 Å².